The number of para-hydroxylation sites is 1. The summed E-state index contributed by atoms with van der Waals surface area (Å²) in [6.45, 7) is 3.94. The molecular weight excluding hydrogens is 370 g/mol. The van der Waals surface area contributed by atoms with E-state index in [2.05, 4.69) is 51.5 Å². The van der Waals surface area contributed by atoms with Crippen molar-refractivity contribution in [1.29, 1.82) is 0 Å². The van der Waals surface area contributed by atoms with Crippen molar-refractivity contribution in [1.82, 2.24) is 15.1 Å². The van der Waals surface area contributed by atoms with Gasteiger partial charge in [0.1, 0.15) is 5.75 Å². The normalized spacial score (nSPS) is 17.1. The molecule has 5 heteroatoms. The molecule has 0 radical (unpaired) electrons. The van der Waals surface area contributed by atoms with Crippen LogP contribution >= 0.6 is 11.6 Å². The number of H-pyrrole nitrogens is 1. The zero-order valence-corrected chi connectivity index (χ0v) is 16.7. The van der Waals surface area contributed by atoms with Gasteiger partial charge in [0.25, 0.3) is 0 Å². The monoisotopic (exact) mass is 395 g/mol. The fourth-order valence-electron chi connectivity index (χ4n) is 3.76. The van der Waals surface area contributed by atoms with Gasteiger partial charge < -0.3 is 9.64 Å². The molecule has 1 aliphatic rings. The van der Waals surface area contributed by atoms with Crippen LogP contribution in [0.2, 0.25) is 5.02 Å². The Kier molecular flexibility index (Phi) is 6.30. The highest BCUT2D eigenvalue weighted by molar-refractivity contribution is 6.32. The first-order valence-electron chi connectivity index (χ1n) is 9.96. The van der Waals surface area contributed by atoms with Crippen LogP contribution in [0.4, 0.5) is 0 Å². The minimum atomic E-state index is 0.519. The molecule has 1 saturated heterocycles. The van der Waals surface area contributed by atoms with E-state index in [0.717, 1.165) is 43.9 Å². The molecule has 0 aliphatic carbocycles. The summed E-state index contributed by atoms with van der Waals surface area (Å²) >= 11 is 6.12. The highest BCUT2D eigenvalue weighted by Gasteiger charge is 2.25. The van der Waals surface area contributed by atoms with Crippen molar-refractivity contribution in [3.63, 3.8) is 0 Å². The molecule has 0 saturated carbocycles. The van der Waals surface area contributed by atoms with Crippen LogP contribution < -0.4 is 4.74 Å². The van der Waals surface area contributed by atoms with Crippen LogP contribution in [-0.2, 0) is 12.8 Å². The molecule has 1 aromatic heterocycles. The average molecular weight is 396 g/mol. The highest BCUT2D eigenvalue weighted by Crippen LogP contribution is 2.27. The molecule has 1 N–H and O–H groups in total. The van der Waals surface area contributed by atoms with Crippen LogP contribution in [0.15, 0.2) is 60.7 Å². The van der Waals surface area contributed by atoms with Gasteiger partial charge in [-0.2, -0.15) is 5.10 Å². The molecule has 1 aliphatic heterocycles. The second-order valence-corrected chi connectivity index (χ2v) is 7.78. The highest BCUT2D eigenvalue weighted by atomic mass is 35.5. The number of rotatable bonds is 8. The summed E-state index contributed by atoms with van der Waals surface area (Å²) in [5, 5.41) is 8.38. The van der Waals surface area contributed by atoms with Gasteiger partial charge in [0.05, 0.1) is 17.3 Å². The number of likely N-dealkylation sites (tertiary alicyclic amines) is 1. The summed E-state index contributed by atoms with van der Waals surface area (Å²) in [5.41, 5.74) is 3.70. The number of nitrogens with zero attached hydrogens (tertiary/aromatic N) is 2. The maximum absolute atomic E-state index is 6.12. The number of ether oxygens (including phenoxy) is 1. The Bertz CT molecular complexity index is 880. The predicted octanol–water partition coefficient (Wildman–Crippen LogP) is 4.72. The third-order valence-corrected chi connectivity index (χ3v) is 5.68. The molecule has 2 aromatic carbocycles. The van der Waals surface area contributed by atoms with Crippen LogP contribution in [0.1, 0.15) is 29.3 Å². The molecule has 4 nitrogen and oxygen atoms in total. The summed E-state index contributed by atoms with van der Waals surface area (Å²) < 4.78 is 5.78. The molecule has 2 heterocycles. The molecule has 0 bridgehead atoms. The van der Waals surface area contributed by atoms with Crippen LogP contribution in [0, 0.1) is 0 Å². The maximum atomic E-state index is 6.12. The van der Waals surface area contributed by atoms with Crippen molar-refractivity contribution in [3.8, 4) is 5.75 Å². The lowest BCUT2D eigenvalue weighted by Crippen LogP contribution is -2.23. The molecule has 146 valence electrons. The minimum Gasteiger partial charge on any atom is -0.492 e. The Morgan fingerprint density at radius 2 is 1.89 bits per heavy atom. The predicted molar refractivity (Wildman–Crippen MR) is 113 cm³/mol. The van der Waals surface area contributed by atoms with E-state index in [0.29, 0.717) is 17.5 Å². The molecule has 0 spiro atoms. The maximum Gasteiger partial charge on any atom is 0.137 e. The smallest absolute Gasteiger partial charge is 0.137 e. The summed E-state index contributed by atoms with van der Waals surface area (Å²) in [6.07, 6.45) is 3.08. The second kappa shape index (κ2) is 9.26. The van der Waals surface area contributed by atoms with Crippen molar-refractivity contribution in [3.05, 3.63) is 82.6 Å². The van der Waals surface area contributed by atoms with Crippen LogP contribution in [-0.4, -0.2) is 41.3 Å². The Balaban J connectivity index is 1.23. The van der Waals surface area contributed by atoms with Crippen molar-refractivity contribution in [2.75, 3.05) is 26.2 Å². The fourth-order valence-corrected chi connectivity index (χ4v) is 3.95. The van der Waals surface area contributed by atoms with Gasteiger partial charge in [0.2, 0.25) is 0 Å². The Hall–Kier alpha value is -2.30. The molecular formula is C23H26ClN3O. The van der Waals surface area contributed by atoms with Gasteiger partial charge in [-0.1, -0.05) is 54.1 Å². The number of nitrogens with one attached hydrogen (secondary N) is 1. The van der Waals surface area contributed by atoms with E-state index in [-0.39, 0.29) is 0 Å². The number of aromatic nitrogens is 2. The van der Waals surface area contributed by atoms with Crippen LogP contribution in [0.5, 0.6) is 5.75 Å². The zero-order valence-electron chi connectivity index (χ0n) is 16.0. The third-order valence-electron chi connectivity index (χ3n) is 5.37. The van der Waals surface area contributed by atoms with E-state index in [9.17, 15) is 0 Å². The van der Waals surface area contributed by atoms with Gasteiger partial charge in [0.15, 0.2) is 0 Å². The summed E-state index contributed by atoms with van der Waals surface area (Å²) in [6, 6.07) is 20.5. The Morgan fingerprint density at radius 3 is 2.75 bits per heavy atom. The molecule has 0 amide bonds. The minimum absolute atomic E-state index is 0.519. The summed E-state index contributed by atoms with van der Waals surface area (Å²) in [4.78, 5) is 2.55. The number of hydrogen-bond donors (Lipinski definition) is 1. The third kappa shape index (κ3) is 4.94. The lowest BCUT2D eigenvalue weighted by Gasteiger charge is -2.15. The van der Waals surface area contributed by atoms with Crippen molar-refractivity contribution in [2.24, 2.45) is 0 Å². The van der Waals surface area contributed by atoms with Crippen LogP contribution in [0.25, 0.3) is 0 Å². The first-order valence-corrected chi connectivity index (χ1v) is 10.3. The molecule has 4 rings (SSSR count). The van der Waals surface area contributed by atoms with E-state index in [1.54, 1.807) is 0 Å². The first-order chi connectivity index (χ1) is 13.8. The molecule has 1 fully saturated rings. The number of halogens is 1. The summed E-state index contributed by atoms with van der Waals surface area (Å²) in [5.74, 6) is 1.25. The Morgan fingerprint density at radius 1 is 1.07 bits per heavy atom. The van der Waals surface area contributed by atoms with E-state index in [1.807, 2.05) is 24.3 Å². The van der Waals surface area contributed by atoms with Gasteiger partial charge >= 0.3 is 0 Å². The average Bonchev–Trinajstić information content (AvgIpc) is 3.38. The van der Waals surface area contributed by atoms with E-state index < -0.39 is 0 Å². The molecule has 3 aromatic rings. The number of aromatic amines is 1. The van der Waals surface area contributed by atoms with Gasteiger partial charge in [-0.05, 0) is 43.1 Å². The van der Waals surface area contributed by atoms with Gasteiger partial charge in [-0.15, -0.1) is 0 Å². The quantitative estimate of drug-likeness (QED) is 0.600. The molecule has 1 atom stereocenters. The lowest BCUT2D eigenvalue weighted by molar-refractivity contribution is 0.320. The van der Waals surface area contributed by atoms with E-state index in [4.69, 9.17) is 16.3 Å². The topological polar surface area (TPSA) is 41.1 Å². The van der Waals surface area contributed by atoms with Crippen LogP contribution in [0.3, 0.4) is 0 Å². The van der Waals surface area contributed by atoms with Crippen molar-refractivity contribution < 1.29 is 4.74 Å². The SMILES string of the molecule is Clc1ccccc1OCCc1cc([C@H]2CCN(CCc3ccccc3)C2)n[nH]1. The molecule has 0 unspecified atom stereocenters. The first kappa shape index (κ1) is 19.0. The number of benzene rings is 2. The standard InChI is InChI=1S/C23H26ClN3O/c24-21-8-4-5-9-23(21)28-15-12-20-16-22(26-25-20)19-11-14-27(17-19)13-10-18-6-2-1-3-7-18/h1-9,16,19H,10-15,17H2,(H,25,26)/t19-/m0/s1. The zero-order chi connectivity index (χ0) is 19.2. The fraction of sp³-hybridized carbons (Fsp3) is 0.348. The van der Waals surface area contributed by atoms with Gasteiger partial charge in [-0.3, -0.25) is 5.10 Å². The summed E-state index contributed by atoms with van der Waals surface area (Å²) in [7, 11) is 0. The lowest BCUT2D eigenvalue weighted by atomic mass is 10.0. The molecule has 28 heavy (non-hydrogen) atoms. The van der Waals surface area contributed by atoms with E-state index >= 15 is 0 Å². The van der Waals surface area contributed by atoms with Crippen molar-refractivity contribution in [2.45, 2.75) is 25.2 Å². The number of hydrogen-bond acceptors (Lipinski definition) is 3. The van der Waals surface area contributed by atoms with Crippen molar-refractivity contribution >= 4 is 11.6 Å². The largest absolute Gasteiger partial charge is 0.492 e. The van der Waals surface area contributed by atoms with E-state index in [1.165, 1.54) is 17.7 Å². The Labute approximate surface area is 171 Å². The van der Waals surface area contributed by atoms with Gasteiger partial charge in [0, 0.05) is 31.1 Å². The van der Waals surface area contributed by atoms with Gasteiger partial charge in [-0.25, -0.2) is 0 Å². The second-order valence-electron chi connectivity index (χ2n) is 7.37.